The molecule has 17 heavy (non-hydrogen) atoms. The van der Waals surface area contributed by atoms with E-state index in [0.717, 1.165) is 29.9 Å². The van der Waals surface area contributed by atoms with Crippen molar-refractivity contribution in [3.05, 3.63) is 35.7 Å². The fourth-order valence-corrected chi connectivity index (χ4v) is 2.10. The van der Waals surface area contributed by atoms with Crippen LogP contribution in [0.5, 0.6) is 0 Å². The van der Waals surface area contributed by atoms with Crippen LogP contribution in [0.25, 0.3) is 11.4 Å². The number of aryl methyl sites for hydroxylation is 2. The number of pyridine rings is 1. The maximum absolute atomic E-state index is 11.4. The number of hydrogen-bond donors (Lipinski definition) is 0. The molecule has 0 saturated heterocycles. The van der Waals surface area contributed by atoms with Crippen molar-refractivity contribution in [2.24, 2.45) is 0 Å². The molecule has 0 amide bonds. The van der Waals surface area contributed by atoms with E-state index in [1.165, 1.54) is 7.11 Å². The van der Waals surface area contributed by atoms with E-state index in [-0.39, 0.29) is 5.97 Å². The number of nitrogens with zero attached hydrogens (tertiary/aromatic N) is 3. The fraction of sp³-hybridized carbons (Fsp3) is 0.250. The highest BCUT2D eigenvalue weighted by molar-refractivity contribution is 5.89. The Morgan fingerprint density at radius 3 is 3.24 bits per heavy atom. The van der Waals surface area contributed by atoms with Gasteiger partial charge in [0.2, 0.25) is 0 Å². The van der Waals surface area contributed by atoms with Crippen molar-refractivity contribution in [3.8, 4) is 11.4 Å². The Morgan fingerprint density at radius 1 is 1.53 bits per heavy atom. The third-order valence-corrected chi connectivity index (χ3v) is 2.94. The van der Waals surface area contributed by atoms with Gasteiger partial charge in [-0.1, -0.05) is 0 Å². The average molecular weight is 229 g/mol. The van der Waals surface area contributed by atoms with Crippen molar-refractivity contribution in [3.63, 3.8) is 0 Å². The number of carbonyl (C=O) groups is 1. The second-order valence-corrected chi connectivity index (χ2v) is 3.91. The summed E-state index contributed by atoms with van der Waals surface area (Å²) in [5, 5.41) is 4.21. The predicted octanol–water partition coefficient (Wildman–Crippen LogP) is 1.29. The fourth-order valence-electron chi connectivity index (χ4n) is 2.10. The normalized spacial score (nSPS) is 12.8. The van der Waals surface area contributed by atoms with Gasteiger partial charge in [0.05, 0.1) is 24.1 Å². The molecule has 0 fully saturated rings. The van der Waals surface area contributed by atoms with Crippen molar-refractivity contribution >= 4 is 5.97 Å². The molecule has 0 radical (unpaired) electrons. The molecule has 0 spiro atoms. The van der Waals surface area contributed by atoms with Crippen LogP contribution in [0.15, 0.2) is 24.5 Å². The smallest absolute Gasteiger partial charge is 0.339 e. The number of fused-ring (bicyclic) bond motifs is 3. The zero-order valence-corrected chi connectivity index (χ0v) is 9.38. The minimum absolute atomic E-state index is 0.348. The van der Waals surface area contributed by atoms with Crippen LogP contribution in [-0.2, 0) is 17.7 Å². The number of aromatic nitrogens is 3. The molecule has 0 saturated carbocycles. The van der Waals surface area contributed by atoms with Gasteiger partial charge < -0.3 is 4.74 Å². The molecule has 0 N–H and O–H groups in total. The summed E-state index contributed by atoms with van der Waals surface area (Å²) in [5.41, 5.74) is 3.48. The van der Waals surface area contributed by atoms with Gasteiger partial charge in [-0.3, -0.25) is 9.67 Å². The summed E-state index contributed by atoms with van der Waals surface area (Å²) >= 11 is 0. The average Bonchev–Trinajstić information content (AvgIpc) is 2.85. The quantitative estimate of drug-likeness (QED) is 0.691. The summed E-state index contributed by atoms with van der Waals surface area (Å²) in [7, 11) is 1.37. The lowest BCUT2D eigenvalue weighted by Crippen LogP contribution is -2.14. The Kier molecular flexibility index (Phi) is 2.18. The van der Waals surface area contributed by atoms with Crippen LogP contribution in [-0.4, -0.2) is 27.8 Å². The standard InChI is InChI=1S/C12H11N3O2/c1-17-12(16)9-6-8-3-5-15-10(2-4-14-15)11(8)13-7-9/h2,4,6-7H,3,5H2,1H3. The SMILES string of the molecule is COC(=O)c1cnc2c(c1)CCn1nccc1-2. The minimum atomic E-state index is -0.348. The van der Waals surface area contributed by atoms with E-state index >= 15 is 0 Å². The second kappa shape index (κ2) is 3.69. The summed E-state index contributed by atoms with van der Waals surface area (Å²) in [5.74, 6) is -0.348. The van der Waals surface area contributed by atoms with Gasteiger partial charge in [0.1, 0.15) is 0 Å². The van der Waals surface area contributed by atoms with Crippen molar-refractivity contribution in [2.45, 2.75) is 13.0 Å². The summed E-state index contributed by atoms with van der Waals surface area (Å²) in [6.07, 6.45) is 4.15. The zero-order chi connectivity index (χ0) is 11.8. The van der Waals surface area contributed by atoms with Crippen molar-refractivity contribution in [2.75, 3.05) is 7.11 Å². The zero-order valence-electron chi connectivity index (χ0n) is 9.38. The molecule has 5 nitrogen and oxygen atoms in total. The summed E-state index contributed by atoms with van der Waals surface area (Å²) < 4.78 is 6.61. The van der Waals surface area contributed by atoms with E-state index in [9.17, 15) is 4.79 Å². The molecule has 0 aromatic carbocycles. The molecule has 5 heteroatoms. The van der Waals surface area contributed by atoms with Crippen molar-refractivity contribution in [1.82, 2.24) is 14.8 Å². The Morgan fingerprint density at radius 2 is 2.41 bits per heavy atom. The Labute approximate surface area is 98.0 Å². The molecular formula is C12H11N3O2. The lowest BCUT2D eigenvalue weighted by Gasteiger charge is -2.17. The molecule has 0 atom stereocenters. The molecule has 3 rings (SSSR count). The van der Waals surface area contributed by atoms with Crippen LogP contribution in [0.2, 0.25) is 0 Å². The lowest BCUT2D eigenvalue weighted by molar-refractivity contribution is 0.0600. The van der Waals surface area contributed by atoms with Gasteiger partial charge in [0.15, 0.2) is 0 Å². The summed E-state index contributed by atoms with van der Waals surface area (Å²) in [6, 6.07) is 3.79. The van der Waals surface area contributed by atoms with Crippen LogP contribution in [0.1, 0.15) is 15.9 Å². The number of ether oxygens (including phenoxy) is 1. The van der Waals surface area contributed by atoms with E-state index < -0.39 is 0 Å². The first kappa shape index (κ1) is 10.0. The number of rotatable bonds is 1. The first-order valence-corrected chi connectivity index (χ1v) is 5.39. The summed E-state index contributed by atoms with van der Waals surface area (Å²) in [6.45, 7) is 0.821. The van der Waals surface area contributed by atoms with Gasteiger partial charge in [0.25, 0.3) is 0 Å². The summed E-state index contributed by atoms with van der Waals surface area (Å²) in [4.78, 5) is 15.8. The molecule has 0 aliphatic carbocycles. The third kappa shape index (κ3) is 1.51. The molecule has 2 aromatic rings. The maximum Gasteiger partial charge on any atom is 0.339 e. The van der Waals surface area contributed by atoms with Crippen LogP contribution in [0.3, 0.4) is 0 Å². The van der Waals surface area contributed by atoms with Gasteiger partial charge in [-0.25, -0.2) is 4.79 Å². The first-order chi connectivity index (χ1) is 8.29. The molecule has 1 aliphatic rings. The van der Waals surface area contributed by atoms with E-state index in [1.54, 1.807) is 12.4 Å². The number of esters is 1. The van der Waals surface area contributed by atoms with Crippen LogP contribution >= 0.6 is 0 Å². The highest BCUT2D eigenvalue weighted by Gasteiger charge is 2.19. The number of methoxy groups -OCH3 is 1. The minimum Gasteiger partial charge on any atom is -0.465 e. The van der Waals surface area contributed by atoms with Crippen LogP contribution in [0, 0.1) is 0 Å². The lowest BCUT2D eigenvalue weighted by atomic mass is 10.0. The molecule has 0 unspecified atom stereocenters. The van der Waals surface area contributed by atoms with Gasteiger partial charge in [-0.05, 0) is 24.1 Å². The van der Waals surface area contributed by atoms with Crippen molar-refractivity contribution < 1.29 is 9.53 Å². The third-order valence-electron chi connectivity index (χ3n) is 2.94. The highest BCUT2D eigenvalue weighted by atomic mass is 16.5. The molecule has 0 bridgehead atoms. The Balaban J connectivity index is 2.10. The monoisotopic (exact) mass is 229 g/mol. The van der Waals surface area contributed by atoms with Gasteiger partial charge in [-0.15, -0.1) is 0 Å². The van der Waals surface area contributed by atoms with Crippen LogP contribution in [0.4, 0.5) is 0 Å². The van der Waals surface area contributed by atoms with E-state index in [0.29, 0.717) is 5.56 Å². The van der Waals surface area contributed by atoms with Crippen LogP contribution < -0.4 is 0 Å². The van der Waals surface area contributed by atoms with Gasteiger partial charge >= 0.3 is 5.97 Å². The van der Waals surface area contributed by atoms with E-state index in [4.69, 9.17) is 0 Å². The predicted molar refractivity (Wildman–Crippen MR) is 60.5 cm³/mol. The number of hydrogen-bond acceptors (Lipinski definition) is 4. The van der Waals surface area contributed by atoms with Gasteiger partial charge in [0, 0.05) is 18.9 Å². The van der Waals surface area contributed by atoms with Crippen molar-refractivity contribution in [1.29, 1.82) is 0 Å². The highest BCUT2D eigenvalue weighted by Crippen LogP contribution is 2.27. The first-order valence-electron chi connectivity index (χ1n) is 5.39. The Hall–Kier alpha value is -2.17. The van der Waals surface area contributed by atoms with Gasteiger partial charge in [-0.2, -0.15) is 5.10 Å². The van der Waals surface area contributed by atoms with E-state index in [2.05, 4.69) is 14.8 Å². The molecule has 86 valence electrons. The number of carbonyl (C=O) groups excluding carboxylic acids is 1. The molecule has 2 aromatic heterocycles. The second-order valence-electron chi connectivity index (χ2n) is 3.91. The topological polar surface area (TPSA) is 57.0 Å². The largest absolute Gasteiger partial charge is 0.465 e. The Bertz CT molecular complexity index is 589. The molecular weight excluding hydrogens is 218 g/mol. The van der Waals surface area contributed by atoms with E-state index in [1.807, 2.05) is 16.8 Å². The maximum atomic E-state index is 11.4. The molecule has 1 aliphatic heterocycles. The molecule has 3 heterocycles.